The Morgan fingerprint density at radius 3 is 2.68 bits per heavy atom. The van der Waals surface area contributed by atoms with Crippen LogP contribution in [0.2, 0.25) is 0 Å². The molecule has 3 aromatic rings. The van der Waals surface area contributed by atoms with E-state index < -0.39 is 0 Å². The number of para-hydroxylation sites is 1. The lowest BCUT2D eigenvalue weighted by atomic mass is 10.1. The van der Waals surface area contributed by atoms with Crippen molar-refractivity contribution in [2.75, 3.05) is 13.7 Å². The first-order valence-corrected chi connectivity index (χ1v) is 8.70. The fourth-order valence-corrected chi connectivity index (χ4v) is 2.95. The Morgan fingerprint density at radius 1 is 1.08 bits per heavy atom. The van der Waals surface area contributed by atoms with Crippen molar-refractivity contribution >= 4 is 16.8 Å². The predicted molar refractivity (Wildman–Crippen MR) is 101 cm³/mol. The molecule has 0 spiro atoms. The molecule has 0 bridgehead atoms. The van der Waals surface area contributed by atoms with E-state index in [1.165, 1.54) is 10.9 Å². The number of carbonyl (C=O) groups excluding carboxylic acids is 1. The first-order valence-electron chi connectivity index (χ1n) is 8.70. The molecule has 1 aromatic heterocycles. The zero-order valence-electron chi connectivity index (χ0n) is 14.6. The number of carbonyl (C=O) groups is 1. The summed E-state index contributed by atoms with van der Waals surface area (Å²) >= 11 is 0. The molecular formula is C21H24N2O2. The first kappa shape index (κ1) is 17.1. The van der Waals surface area contributed by atoms with Gasteiger partial charge in [-0.05, 0) is 48.1 Å². The quantitative estimate of drug-likeness (QED) is 0.636. The van der Waals surface area contributed by atoms with Crippen LogP contribution in [0, 0.1) is 0 Å². The Labute approximate surface area is 148 Å². The normalized spacial score (nSPS) is 10.8. The molecule has 0 atom stereocenters. The van der Waals surface area contributed by atoms with Crippen molar-refractivity contribution in [3.63, 3.8) is 0 Å². The standard InChI is InChI=1S/C21H24N2O2/c1-25-19-10-7-17(8-11-19)9-12-21(24)22-14-4-15-23-16-13-18-5-2-3-6-20(18)23/h2-3,5-8,10-11,13,16H,4,9,12,14-15H2,1H3,(H,22,24). The minimum Gasteiger partial charge on any atom is -0.497 e. The second-order valence-electron chi connectivity index (χ2n) is 6.12. The van der Waals surface area contributed by atoms with Crippen molar-refractivity contribution in [2.45, 2.75) is 25.8 Å². The third-order valence-corrected chi connectivity index (χ3v) is 4.38. The summed E-state index contributed by atoms with van der Waals surface area (Å²) in [4.78, 5) is 12.0. The molecule has 0 unspecified atom stereocenters. The largest absolute Gasteiger partial charge is 0.497 e. The maximum Gasteiger partial charge on any atom is 0.220 e. The molecule has 3 rings (SSSR count). The lowest BCUT2D eigenvalue weighted by molar-refractivity contribution is -0.121. The van der Waals surface area contributed by atoms with Gasteiger partial charge in [0.2, 0.25) is 5.91 Å². The van der Waals surface area contributed by atoms with Gasteiger partial charge in [0.05, 0.1) is 7.11 Å². The summed E-state index contributed by atoms with van der Waals surface area (Å²) in [5.41, 5.74) is 2.39. The zero-order chi connectivity index (χ0) is 17.5. The number of hydrogen-bond acceptors (Lipinski definition) is 2. The van der Waals surface area contributed by atoms with Crippen molar-refractivity contribution in [1.82, 2.24) is 9.88 Å². The van der Waals surface area contributed by atoms with Gasteiger partial charge in [-0.3, -0.25) is 4.79 Å². The Balaban J connectivity index is 1.37. The number of amides is 1. The van der Waals surface area contributed by atoms with E-state index in [9.17, 15) is 4.79 Å². The molecule has 2 aromatic carbocycles. The molecule has 0 aliphatic rings. The van der Waals surface area contributed by atoms with Gasteiger partial charge in [-0.2, -0.15) is 0 Å². The number of methoxy groups -OCH3 is 1. The van der Waals surface area contributed by atoms with Crippen LogP contribution in [0.4, 0.5) is 0 Å². The van der Waals surface area contributed by atoms with E-state index in [0.29, 0.717) is 13.0 Å². The number of hydrogen-bond donors (Lipinski definition) is 1. The Morgan fingerprint density at radius 2 is 1.88 bits per heavy atom. The molecule has 0 fully saturated rings. The summed E-state index contributed by atoms with van der Waals surface area (Å²) in [6, 6.07) is 18.3. The predicted octanol–water partition coefficient (Wildman–Crippen LogP) is 3.79. The molecule has 25 heavy (non-hydrogen) atoms. The lowest BCUT2D eigenvalue weighted by Crippen LogP contribution is -2.25. The fraction of sp³-hybridized carbons (Fsp3) is 0.286. The molecule has 1 N–H and O–H groups in total. The maximum absolute atomic E-state index is 12.0. The highest BCUT2D eigenvalue weighted by Gasteiger charge is 2.03. The van der Waals surface area contributed by atoms with Gasteiger partial charge in [-0.1, -0.05) is 30.3 Å². The van der Waals surface area contributed by atoms with Crippen molar-refractivity contribution < 1.29 is 9.53 Å². The van der Waals surface area contributed by atoms with E-state index in [2.05, 4.69) is 46.4 Å². The number of aromatic nitrogens is 1. The van der Waals surface area contributed by atoms with Crippen LogP contribution in [0.1, 0.15) is 18.4 Å². The van der Waals surface area contributed by atoms with E-state index in [1.54, 1.807) is 7.11 Å². The maximum atomic E-state index is 12.0. The first-order chi connectivity index (χ1) is 12.3. The minimum atomic E-state index is 0.105. The van der Waals surface area contributed by atoms with E-state index >= 15 is 0 Å². The van der Waals surface area contributed by atoms with Crippen molar-refractivity contribution in [2.24, 2.45) is 0 Å². The number of rotatable bonds is 8. The van der Waals surface area contributed by atoms with Gasteiger partial charge >= 0.3 is 0 Å². The van der Waals surface area contributed by atoms with Gasteiger partial charge in [0.25, 0.3) is 0 Å². The third kappa shape index (κ3) is 4.63. The summed E-state index contributed by atoms with van der Waals surface area (Å²) < 4.78 is 7.37. The van der Waals surface area contributed by atoms with Crippen LogP contribution in [0.5, 0.6) is 5.75 Å². The molecule has 1 heterocycles. The smallest absolute Gasteiger partial charge is 0.220 e. The Kier molecular flexibility index (Phi) is 5.73. The van der Waals surface area contributed by atoms with Crippen molar-refractivity contribution in [3.05, 3.63) is 66.4 Å². The summed E-state index contributed by atoms with van der Waals surface area (Å²) in [6.07, 6.45) is 4.29. The second kappa shape index (κ2) is 8.38. The average Bonchev–Trinajstić information content (AvgIpc) is 3.07. The zero-order valence-corrected chi connectivity index (χ0v) is 14.6. The van der Waals surface area contributed by atoms with Crippen LogP contribution in [-0.2, 0) is 17.8 Å². The summed E-state index contributed by atoms with van der Waals surface area (Å²) in [7, 11) is 1.65. The molecule has 1 amide bonds. The highest BCUT2D eigenvalue weighted by molar-refractivity contribution is 5.79. The van der Waals surface area contributed by atoms with Gasteiger partial charge in [-0.15, -0.1) is 0 Å². The number of aryl methyl sites for hydroxylation is 2. The summed E-state index contributed by atoms with van der Waals surface area (Å²) in [5, 5.41) is 4.26. The highest BCUT2D eigenvalue weighted by Crippen LogP contribution is 2.15. The van der Waals surface area contributed by atoms with Crippen LogP contribution in [0.3, 0.4) is 0 Å². The van der Waals surface area contributed by atoms with E-state index in [1.807, 2.05) is 24.3 Å². The van der Waals surface area contributed by atoms with Crippen molar-refractivity contribution in [3.8, 4) is 5.75 Å². The number of ether oxygens (including phenoxy) is 1. The average molecular weight is 336 g/mol. The molecule has 0 saturated heterocycles. The van der Waals surface area contributed by atoms with Crippen LogP contribution in [0.15, 0.2) is 60.8 Å². The number of fused-ring (bicyclic) bond motifs is 1. The molecule has 0 aliphatic carbocycles. The minimum absolute atomic E-state index is 0.105. The molecular weight excluding hydrogens is 312 g/mol. The molecule has 0 radical (unpaired) electrons. The van der Waals surface area contributed by atoms with Crippen LogP contribution in [0.25, 0.3) is 10.9 Å². The molecule has 0 saturated carbocycles. The Bertz CT molecular complexity index is 821. The number of benzene rings is 2. The highest BCUT2D eigenvalue weighted by atomic mass is 16.5. The summed E-state index contributed by atoms with van der Waals surface area (Å²) in [5.74, 6) is 0.943. The molecule has 0 aliphatic heterocycles. The van der Waals surface area contributed by atoms with Crippen LogP contribution in [-0.4, -0.2) is 24.1 Å². The van der Waals surface area contributed by atoms with Gasteiger partial charge in [0.15, 0.2) is 0 Å². The monoisotopic (exact) mass is 336 g/mol. The molecule has 4 nitrogen and oxygen atoms in total. The van der Waals surface area contributed by atoms with Crippen LogP contribution >= 0.6 is 0 Å². The summed E-state index contributed by atoms with van der Waals surface area (Å²) in [6.45, 7) is 1.61. The van der Waals surface area contributed by atoms with Gasteiger partial charge < -0.3 is 14.6 Å². The SMILES string of the molecule is COc1ccc(CCC(=O)NCCCn2ccc3ccccc32)cc1. The van der Waals surface area contributed by atoms with Crippen molar-refractivity contribution in [1.29, 1.82) is 0 Å². The Hall–Kier alpha value is -2.75. The number of nitrogens with one attached hydrogen (secondary N) is 1. The second-order valence-corrected chi connectivity index (χ2v) is 6.12. The third-order valence-electron chi connectivity index (χ3n) is 4.38. The van der Waals surface area contributed by atoms with Gasteiger partial charge in [-0.25, -0.2) is 0 Å². The molecule has 130 valence electrons. The van der Waals surface area contributed by atoms with Crippen LogP contribution < -0.4 is 10.1 Å². The topological polar surface area (TPSA) is 43.3 Å². The van der Waals surface area contributed by atoms with E-state index in [0.717, 1.165) is 30.7 Å². The van der Waals surface area contributed by atoms with Gasteiger partial charge in [0, 0.05) is 31.2 Å². The van der Waals surface area contributed by atoms with E-state index in [4.69, 9.17) is 4.74 Å². The number of nitrogens with zero attached hydrogens (tertiary/aromatic N) is 1. The fourth-order valence-electron chi connectivity index (χ4n) is 2.95. The lowest BCUT2D eigenvalue weighted by Gasteiger charge is -2.08. The van der Waals surface area contributed by atoms with E-state index in [-0.39, 0.29) is 5.91 Å². The molecule has 4 heteroatoms. The van der Waals surface area contributed by atoms with Gasteiger partial charge in [0.1, 0.15) is 5.75 Å².